The standard InChI is InChI=1S/C23H23FN2O3S/c1-29-19-5-7-20(8-6-19)30(27,28)26-15-22(21-14-17(24)4-9-23(21)26)16-10-12-25-11-2-3-18(25)13-16/h4-10,14-15,18H,2-3,11-13H2,1H3. The molecular formula is C23H23FN2O3S. The molecule has 0 saturated carbocycles. The van der Waals surface area contributed by atoms with Crippen molar-refractivity contribution in [2.45, 2.75) is 30.2 Å². The van der Waals surface area contributed by atoms with Crippen molar-refractivity contribution in [3.05, 3.63) is 66.1 Å². The van der Waals surface area contributed by atoms with Gasteiger partial charge in [-0.3, -0.25) is 4.90 Å². The van der Waals surface area contributed by atoms with Crippen LogP contribution in [0.5, 0.6) is 5.75 Å². The Balaban J connectivity index is 1.64. The Hall–Kier alpha value is -2.64. The maximum absolute atomic E-state index is 14.1. The molecule has 0 N–H and O–H groups in total. The second kappa shape index (κ2) is 7.25. The minimum absolute atomic E-state index is 0.163. The topological polar surface area (TPSA) is 51.5 Å². The van der Waals surface area contributed by atoms with Crippen molar-refractivity contribution in [2.75, 3.05) is 20.2 Å². The van der Waals surface area contributed by atoms with E-state index in [-0.39, 0.29) is 10.7 Å². The Kier molecular flexibility index (Phi) is 4.67. The van der Waals surface area contributed by atoms with Crippen molar-refractivity contribution in [3.63, 3.8) is 0 Å². The lowest BCUT2D eigenvalue weighted by Crippen LogP contribution is -2.32. The van der Waals surface area contributed by atoms with E-state index in [4.69, 9.17) is 4.74 Å². The molecule has 0 amide bonds. The van der Waals surface area contributed by atoms with Crippen molar-refractivity contribution in [3.8, 4) is 5.75 Å². The van der Waals surface area contributed by atoms with Gasteiger partial charge in [-0.25, -0.2) is 16.8 Å². The number of ether oxygens (including phenoxy) is 1. The molecule has 5 rings (SSSR count). The first-order chi connectivity index (χ1) is 14.5. The van der Waals surface area contributed by atoms with Crippen molar-refractivity contribution in [1.29, 1.82) is 0 Å². The highest BCUT2D eigenvalue weighted by molar-refractivity contribution is 7.90. The summed E-state index contributed by atoms with van der Waals surface area (Å²) in [6, 6.07) is 11.1. The van der Waals surface area contributed by atoms with E-state index >= 15 is 0 Å². The molecule has 2 aromatic carbocycles. The smallest absolute Gasteiger partial charge is 0.268 e. The second-order valence-corrected chi connectivity index (χ2v) is 9.72. The van der Waals surface area contributed by atoms with Crippen molar-refractivity contribution < 1.29 is 17.5 Å². The van der Waals surface area contributed by atoms with Gasteiger partial charge in [0, 0.05) is 29.7 Å². The predicted octanol–water partition coefficient (Wildman–Crippen LogP) is 4.28. The van der Waals surface area contributed by atoms with Gasteiger partial charge in [0.15, 0.2) is 0 Å². The Morgan fingerprint density at radius 3 is 2.70 bits per heavy atom. The molecule has 30 heavy (non-hydrogen) atoms. The molecule has 0 radical (unpaired) electrons. The minimum Gasteiger partial charge on any atom is -0.497 e. The van der Waals surface area contributed by atoms with E-state index in [1.165, 1.54) is 41.8 Å². The van der Waals surface area contributed by atoms with E-state index in [0.717, 1.165) is 37.1 Å². The van der Waals surface area contributed by atoms with E-state index in [9.17, 15) is 12.8 Å². The number of halogens is 1. The maximum atomic E-state index is 14.1. The number of methoxy groups -OCH3 is 1. The number of aromatic nitrogens is 1. The molecule has 0 bridgehead atoms. The third kappa shape index (κ3) is 3.13. The average molecular weight is 427 g/mol. The summed E-state index contributed by atoms with van der Waals surface area (Å²) in [6.07, 6.45) is 7.01. The molecule has 3 aromatic rings. The van der Waals surface area contributed by atoms with Crippen LogP contribution in [0.2, 0.25) is 0 Å². The molecule has 2 aliphatic rings. The van der Waals surface area contributed by atoms with Gasteiger partial charge < -0.3 is 4.74 Å². The zero-order valence-corrected chi connectivity index (χ0v) is 17.5. The van der Waals surface area contributed by atoms with Crippen LogP contribution in [0.1, 0.15) is 24.8 Å². The molecule has 2 aliphatic heterocycles. The van der Waals surface area contributed by atoms with E-state index in [0.29, 0.717) is 22.7 Å². The van der Waals surface area contributed by atoms with Crippen LogP contribution in [0.3, 0.4) is 0 Å². The van der Waals surface area contributed by atoms with Gasteiger partial charge in [-0.05, 0) is 73.8 Å². The molecule has 3 heterocycles. The van der Waals surface area contributed by atoms with E-state index in [1.807, 2.05) is 0 Å². The predicted molar refractivity (Wildman–Crippen MR) is 115 cm³/mol. The summed E-state index contributed by atoms with van der Waals surface area (Å²) in [5, 5.41) is 0.629. The minimum atomic E-state index is -3.84. The molecule has 5 nitrogen and oxygen atoms in total. The van der Waals surface area contributed by atoms with Gasteiger partial charge in [0.1, 0.15) is 11.6 Å². The first-order valence-corrected chi connectivity index (χ1v) is 11.5. The number of hydrogen-bond donors (Lipinski definition) is 0. The summed E-state index contributed by atoms with van der Waals surface area (Å²) in [6.45, 7) is 1.96. The lowest BCUT2D eigenvalue weighted by atomic mass is 9.94. The van der Waals surface area contributed by atoms with Gasteiger partial charge >= 0.3 is 0 Å². The van der Waals surface area contributed by atoms with Gasteiger partial charge in [-0.1, -0.05) is 6.08 Å². The largest absolute Gasteiger partial charge is 0.497 e. The molecule has 1 atom stereocenters. The van der Waals surface area contributed by atoms with Crippen molar-refractivity contribution in [1.82, 2.24) is 8.87 Å². The second-order valence-electron chi connectivity index (χ2n) is 7.91. The summed E-state index contributed by atoms with van der Waals surface area (Å²) < 4.78 is 47.3. The number of nitrogens with zero attached hydrogens (tertiary/aromatic N) is 2. The molecule has 7 heteroatoms. The van der Waals surface area contributed by atoms with Crippen molar-refractivity contribution >= 4 is 26.5 Å². The zero-order valence-electron chi connectivity index (χ0n) is 16.7. The molecule has 0 spiro atoms. The summed E-state index contributed by atoms with van der Waals surface area (Å²) in [5.74, 6) is 0.213. The SMILES string of the molecule is COc1ccc(S(=O)(=O)n2cc(C3=CCN4CCCC4C3)c3cc(F)ccc32)cc1. The summed E-state index contributed by atoms with van der Waals surface area (Å²) in [5.41, 5.74) is 2.38. The normalized spacial score (nSPS) is 19.7. The highest BCUT2D eigenvalue weighted by Gasteiger charge is 2.30. The monoisotopic (exact) mass is 426 g/mol. The quantitative estimate of drug-likeness (QED) is 0.625. The van der Waals surface area contributed by atoms with E-state index < -0.39 is 10.0 Å². The fraction of sp³-hybridized carbons (Fsp3) is 0.304. The first-order valence-electron chi connectivity index (χ1n) is 10.1. The first kappa shape index (κ1) is 19.3. The molecule has 1 unspecified atom stereocenters. The van der Waals surface area contributed by atoms with Crippen LogP contribution in [-0.2, 0) is 10.0 Å². The summed E-state index contributed by atoms with van der Waals surface area (Å²) in [4.78, 5) is 2.62. The maximum Gasteiger partial charge on any atom is 0.268 e. The van der Waals surface area contributed by atoms with E-state index in [2.05, 4.69) is 11.0 Å². The lowest BCUT2D eigenvalue weighted by Gasteiger charge is -2.29. The van der Waals surface area contributed by atoms with Gasteiger partial charge in [-0.15, -0.1) is 0 Å². The van der Waals surface area contributed by atoms with Gasteiger partial charge in [-0.2, -0.15) is 0 Å². The Bertz CT molecular complexity index is 1250. The van der Waals surface area contributed by atoms with Crippen molar-refractivity contribution in [2.24, 2.45) is 0 Å². The van der Waals surface area contributed by atoms with Crippen LogP contribution < -0.4 is 4.74 Å². The molecule has 1 fully saturated rings. The number of hydrogen-bond acceptors (Lipinski definition) is 4. The van der Waals surface area contributed by atoms with Crippen LogP contribution in [0.15, 0.2) is 59.6 Å². The third-order valence-corrected chi connectivity index (χ3v) is 7.91. The van der Waals surface area contributed by atoms with Crippen LogP contribution in [0, 0.1) is 5.82 Å². The molecular weight excluding hydrogens is 403 g/mol. The Morgan fingerprint density at radius 1 is 1.13 bits per heavy atom. The zero-order chi connectivity index (χ0) is 20.9. The number of rotatable bonds is 4. The third-order valence-electron chi connectivity index (χ3n) is 6.22. The highest BCUT2D eigenvalue weighted by Crippen LogP contribution is 2.37. The highest BCUT2D eigenvalue weighted by atomic mass is 32.2. The fourth-order valence-corrected chi connectivity index (χ4v) is 6.01. The van der Waals surface area contributed by atoms with Crippen LogP contribution in [0.4, 0.5) is 4.39 Å². The van der Waals surface area contributed by atoms with Gasteiger partial charge in [0.05, 0.1) is 17.5 Å². The summed E-state index contributed by atoms with van der Waals surface area (Å²) >= 11 is 0. The lowest BCUT2D eigenvalue weighted by molar-refractivity contribution is 0.275. The fourth-order valence-electron chi connectivity index (χ4n) is 4.64. The van der Waals surface area contributed by atoms with Gasteiger partial charge in [0.2, 0.25) is 0 Å². The van der Waals surface area contributed by atoms with Crippen LogP contribution in [-0.4, -0.2) is 43.5 Å². The van der Waals surface area contributed by atoms with Gasteiger partial charge in [0.25, 0.3) is 10.0 Å². The van der Waals surface area contributed by atoms with Crippen LogP contribution >= 0.6 is 0 Å². The molecule has 1 aromatic heterocycles. The summed E-state index contributed by atoms with van der Waals surface area (Å²) in [7, 11) is -2.30. The van der Waals surface area contributed by atoms with E-state index in [1.54, 1.807) is 24.4 Å². The average Bonchev–Trinajstić information content (AvgIpc) is 3.37. The molecule has 1 saturated heterocycles. The Labute approximate surface area is 175 Å². The Morgan fingerprint density at radius 2 is 1.93 bits per heavy atom. The number of benzene rings is 2. The molecule has 0 aliphatic carbocycles. The van der Waals surface area contributed by atoms with Crippen LogP contribution in [0.25, 0.3) is 16.5 Å². The molecule has 156 valence electrons. The number of fused-ring (bicyclic) bond motifs is 2.